The van der Waals surface area contributed by atoms with Gasteiger partial charge in [0.1, 0.15) is 18.0 Å². The summed E-state index contributed by atoms with van der Waals surface area (Å²) in [4.78, 5) is 17.3. The number of aromatic nitrogens is 3. The molecule has 0 saturated heterocycles. The number of thiophene rings is 1. The molecule has 0 atom stereocenters. The molecule has 1 aromatic carbocycles. The third kappa shape index (κ3) is 2.09. The molecule has 7 heteroatoms. The van der Waals surface area contributed by atoms with Crippen molar-refractivity contribution in [2.75, 3.05) is 0 Å². The number of H-pyrrole nitrogens is 1. The van der Waals surface area contributed by atoms with Crippen molar-refractivity contribution >= 4 is 27.3 Å². The predicted octanol–water partition coefficient (Wildman–Crippen LogP) is 2.97. The van der Waals surface area contributed by atoms with Gasteiger partial charge in [0.05, 0.1) is 10.4 Å². The van der Waals surface area contributed by atoms with Crippen LogP contribution in [0.5, 0.6) is 0 Å². The van der Waals surface area contributed by atoms with Crippen LogP contribution in [0.4, 0.5) is 4.39 Å². The smallest absolute Gasteiger partial charge is 0.262 e. The third-order valence-electron chi connectivity index (χ3n) is 4.13. The maximum absolute atomic E-state index is 13.3. The lowest BCUT2D eigenvalue weighted by Gasteiger charge is -2.40. The maximum Gasteiger partial charge on any atom is 0.262 e. The van der Waals surface area contributed by atoms with Gasteiger partial charge < -0.3 is 5.32 Å². The molecule has 2 heterocycles. The second kappa shape index (κ2) is 4.88. The summed E-state index contributed by atoms with van der Waals surface area (Å²) in [6, 6.07) is 6.27. The van der Waals surface area contributed by atoms with Crippen LogP contribution in [-0.2, 0) is 5.54 Å². The van der Waals surface area contributed by atoms with E-state index in [0.717, 1.165) is 29.3 Å². The molecule has 0 radical (unpaired) electrons. The van der Waals surface area contributed by atoms with Crippen molar-refractivity contribution in [2.24, 2.45) is 0 Å². The van der Waals surface area contributed by atoms with Crippen LogP contribution >= 0.6 is 11.3 Å². The Hall–Kier alpha value is -2.28. The molecule has 1 saturated carbocycles. The van der Waals surface area contributed by atoms with Gasteiger partial charge >= 0.3 is 0 Å². The minimum absolute atomic E-state index is 0.155. The average molecular weight is 316 g/mol. The van der Waals surface area contributed by atoms with Crippen LogP contribution in [0.25, 0.3) is 10.1 Å². The molecular weight excluding hydrogens is 303 g/mol. The number of carbonyl (C=O) groups excluding carboxylic acids is 1. The minimum atomic E-state index is -0.449. The van der Waals surface area contributed by atoms with Crippen LogP contribution in [0.2, 0.25) is 0 Å². The van der Waals surface area contributed by atoms with E-state index in [1.54, 1.807) is 12.1 Å². The number of hydrogen-bond acceptors (Lipinski definition) is 4. The first-order chi connectivity index (χ1) is 10.7. The highest BCUT2D eigenvalue weighted by atomic mass is 32.1. The fourth-order valence-electron chi connectivity index (χ4n) is 2.79. The van der Waals surface area contributed by atoms with Crippen molar-refractivity contribution in [1.82, 2.24) is 20.5 Å². The molecule has 1 aliphatic rings. The number of fused-ring (bicyclic) bond motifs is 1. The molecule has 2 aromatic heterocycles. The molecule has 1 amide bonds. The number of halogens is 1. The van der Waals surface area contributed by atoms with E-state index >= 15 is 0 Å². The Morgan fingerprint density at radius 1 is 1.36 bits per heavy atom. The van der Waals surface area contributed by atoms with Crippen molar-refractivity contribution in [3.63, 3.8) is 0 Å². The molecule has 0 unspecified atom stereocenters. The second-order valence-corrected chi connectivity index (χ2v) is 6.60. The normalized spacial score (nSPS) is 16.4. The van der Waals surface area contributed by atoms with E-state index in [9.17, 15) is 9.18 Å². The number of rotatable bonds is 3. The van der Waals surface area contributed by atoms with E-state index in [1.807, 2.05) is 0 Å². The van der Waals surface area contributed by atoms with Crippen molar-refractivity contribution in [1.29, 1.82) is 0 Å². The summed E-state index contributed by atoms with van der Waals surface area (Å²) in [5, 5.41) is 10.5. The van der Waals surface area contributed by atoms with Gasteiger partial charge in [-0.2, -0.15) is 5.10 Å². The van der Waals surface area contributed by atoms with Crippen molar-refractivity contribution in [3.8, 4) is 0 Å². The van der Waals surface area contributed by atoms with E-state index < -0.39 is 5.54 Å². The Bertz CT molecular complexity index is 838. The highest BCUT2D eigenvalue weighted by Gasteiger charge is 2.43. The van der Waals surface area contributed by atoms with Crippen LogP contribution in [-0.4, -0.2) is 21.1 Å². The molecule has 22 heavy (non-hydrogen) atoms. The fourth-order valence-corrected chi connectivity index (χ4v) is 3.73. The Kier molecular flexibility index (Phi) is 2.97. The number of nitrogens with one attached hydrogen (secondary N) is 2. The Labute approximate surface area is 129 Å². The van der Waals surface area contributed by atoms with Crippen LogP contribution < -0.4 is 5.32 Å². The molecule has 4 rings (SSSR count). The minimum Gasteiger partial charge on any atom is -0.339 e. The molecule has 1 aliphatic carbocycles. The Balaban J connectivity index is 1.63. The van der Waals surface area contributed by atoms with Crippen LogP contribution in [0.3, 0.4) is 0 Å². The fraction of sp³-hybridized carbons (Fsp3) is 0.267. The van der Waals surface area contributed by atoms with Crippen molar-refractivity contribution in [3.05, 3.63) is 47.1 Å². The highest BCUT2D eigenvalue weighted by molar-refractivity contribution is 7.20. The third-order valence-corrected chi connectivity index (χ3v) is 5.25. The summed E-state index contributed by atoms with van der Waals surface area (Å²) in [6.45, 7) is 0. The molecule has 5 nitrogen and oxygen atoms in total. The monoisotopic (exact) mass is 316 g/mol. The van der Waals surface area contributed by atoms with Gasteiger partial charge in [0.2, 0.25) is 0 Å². The van der Waals surface area contributed by atoms with E-state index in [1.165, 1.54) is 29.8 Å². The summed E-state index contributed by atoms with van der Waals surface area (Å²) in [5.74, 6) is 0.242. The van der Waals surface area contributed by atoms with Crippen LogP contribution in [0.15, 0.2) is 30.6 Å². The zero-order valence-corrected chi connectivity index (χ0v) is 12.4. The lowest BCUT2D eigenvalue weighted by Crippen LogP contribution is -2.51. The Morgan fingerprint density at radius 3 is 2.91 bits per heavy atom. The molecule has 0 spiro atoms. The summed E-state index contributed by atoms with van der Waals surface area (Å²) in [5.41, 5.74) is -0.449. The molecule has 3 aromatic rings. The second-order valence-electron chi connectivity index (χ2n) is 5.52. The zero-order chi connectivity index (χ0) is 15.2. The topological polar surface area (TPSA) is 70.7 Å². The lowest BCUT2D eigenvalue weighted by molar-refractivity contribution is 0.0814. The lowest BCUT2D eigenvalue weighted by atomic mass is 9.76. The van der Waals surface area contributed by atoms with Crippen molar-refractivity contribution < 1.29 is 9.18 Å². The quantitative estimate of drug-likeness (QED) is 0.780. The van der Waals surface area contributed by atoms with Gasteiger partial charge in [0.25, 0.3) is 5.91 Å². The van der Waals surface area contributed by atoms with Gasteiger partial charge in [0, 0.05) is 4.70 Å². The number of amides is 1. The summed E-state index contributed by atoms with van der Waals surface area (Å²) < 4.78 is 14.1. The van der Waals surface area contributed by atoms with E-state index in [-0.39, 0.29) is 11.7 Å². The van der Waals surface area contributed by atoms with Crippen LogP contribution in [0.1, 0.15) is 34.8 Å². The SMILES string of the molecule is O=C(NC1(c2ncn[nH]2)CCC1)c1cc2cc(F)ccc2s1. The van der Waals surface area contributed by atoms with Crippen molar-refractivity contribution in [2.45, 2.75) is 24.8 Å². The van der Waals surface area contributed by atoms with Gasteiger partial charge in [-0.1, -0.05) is 0 Å². The molecular formula is C15H13FN4OS. The zero-order valence-electron chi connectivity index (χ0n) is 11.6. The maximum atomic E-state index is 13.3. The van der Waals surface area contributed by atoms with E-state index in [2.05, 4.69) is 20.5 Å². The van der Waals surface area contributed by atoms with Gasteiger partial charge in [-0.05, 0) is 48.9 Å². The highest BCUT2D eigenvalue weighted by Crippen LogP contribution is 2.40. The van der Waals surface area contributed by atoms with Crippen LogP contribution in [0, 0.1) is 5.82 Å². The number of carbonyl (C=O) groups is 1. The largest absolute Gasteiger partial charge is 0.339 e. The molecule has 0 bridgehead atoms. The number of benzene rings is 1. The number of nitrogens with zero attached hydrogens (tertiary/aromatic N) is 2. The van der Waals surface area contributed by atoms with E-state index in [0.29, 0.717) is 10.7 Å². The molecule has 112 valence electrons. The van der Waals surface area contributed by atoms with E-state index in [4.69, 9.17) is 0 Å². The van der Waals surface area contributed by atoms with Gasteiger partial charge in [-0.3, -0.25) is 9.89 Å². The number of aromatic amines is 1. The van der Waals surface area contributed by atoms with Gasteiger partial charge in [-0.15, -0.1) is 11.3 Å². The number of hydrogen-bond donors (Lipinski definition) is 2. The standard InChI is InChI=1S/C15H13FN4OS/c16-10-2-3-11-9(6-10)7-12(22-11)13(21)19-15(4-1-5-15)14-17-8-18-20-14/h2-3,6-8H,1,4-5H2,(H,19,21)(H,17,18,20). The molecule has 1 fully saturated rings. The summed E-state index contributed by atoms with van der Waals surface area (Å²) >= 11 is 1.36. The average Bonchev–Trinajstić information content (AvgIpc) is 3.11. The first-order valence-corrected chi connectivity index (χ1v) is 7.85. The Morgan fingerprint density at radius 2 is 2.23 bits per heavy atom. The first-order valence-electron chi connectivity index (χ1n) is 7.04. The molecule has 0 aliphatic heterocycles. The van der Waals surface area contributed by atoms with Gasteiger partial charge in [-0.25, -0.2) is 9.37 Å². The summed E-state index contributed by atoms with van der Waals surface area (Å²) in [6.07, 6.45) is 4.17. The summed E-state index contributed by atoms with van der Waals surface area (Å²) in [7, 11) is 0. The first kappa shape index (κ1) is 13.4. The molecule has 2 N–H and O–H groups in total. The van der Waals surface area contributed by atoms with Gasteiger partial charge in [0.15, 0.2) is 0 Å². The predicted molar refractivity (Wildman–Crippen MR) is 81.2 cm³/mol.